The molecule has 0 aliphatic carbocycles. The fourth-order valence-electron chi connectivity index (χ4n) is 2.68. The van der Waals surface area contributed by atoms with Gasteiger partial charge >= 0.3 is 0 Å². The van der Waals surface area contributed by atoms with E-state index in [2.05, 4.69) is 12.1 Å². The molecule has 0 saturated heterocycles. The second-order valence-electron chi connectivity index (χ2n) is 5.89. The van der Waals surface area contributed by atoms with E-state index in [9.17, 15) is 4.79 Å². The quantitative estimate of drug-likeness (QED) is 0.512. The molecule has 0 heterocycles. The number of rotatable bonds is 6. The van der Waals surface area contributed by atoms with E-state index in [4.69, 9.17) is 10.5 Å². The number of Topliss-reactive ketones (excluding diaryl/α,β-unsaturated/α-hetero) is 1. The standard InChI is InChI=1S/C22H21NO2/c1-2-21(25-20-14-12-19(23)13-15-20)22(24)18-10-8-17(9-11-18)16-6-4-3-5-7-16/h3-15,21H,2,23H2,1H3. The number of anilines is 1. The summed E-state index contributed by atoms with van der Waals surface area (Å²) in [5.74, 6) is 0.634. The van der Waals surface area contributed by atoms with E-state index in [-0.39, 0.29) is 5.78 Å². The molecular weight excluding hydrogens is 310 g/mol. The van der Waals surface area contributed by atoms with Crippen molar-refractivity contribution in [1.82, 2.24) is 0 Å². The number of hydrogen-bond donors (Lipinski definition) is 1. The Bertz CT molecular complexity index is 824. The van der Waals surface area contributed by atoms with E-state index in [0.29, 0.717) is 23.4 Å². The summed E-state index contributed by atoms with van der Waals surface area (Å²) in [6.45, 7) is 1.94. The van der Waals surface area contributed by atoms with Crippen LogP contribution in [0, 0.1) is 0 Å². The molecule has 1 atom stereocenters. The zero-order valence-electron chi connectivity index (χ0n) is 14.2. The molecule has 25 heavy (non-hydrogen) atoms. The summed E-state index contributed by atoms with van der Waals surface area (Å²) in [6, 6.07) is 24.9. The lowest BCUT2D eigenvalue weighted by Crippen LogP contribution is -2.26. The topological polar surface area (TPSA) is 52.3 Å². The molecule has 0 spiro atoms. The van der Waals surface area contributed by atoms with Crippen molar-refractivity contribution in [2.24, 2.45) is 0 Å². The van der Waals surface area contributed by atoms with Crippen LogP contribution in [0.1, 0.15) is 23.7 Å². The highest BCUT2D eigenvalue weighted by atomic mass is 16.5. The number of nitrogens with two attached hydrogens (primary N) is 1. The van der Waals surface area contributed by atoms with Gasteiger partial charge in [-0.15, -0.1) is 0 Å². The van der Waals surface area contributed by atoms with Crippen molar-refractivity contribution in [3.63, 3.8) is 0 Å². The van der Waals surface area contributed by atoms with Gasteiger partial charge in [-0.25, -0.2) is 0 Å². The van der Waals surface area contributed by atoms with E-state index in [1.807, 2.05) is 49.4 Å². The molecule has 3 aromatic carbocycles. The normalized spacial score (nSPS) is 11.7. The Balaban J connectivity index is 1.75. The van der Waals surface area contributed by atoms with Gasteiger partial charge < -0.3 is 10.5 Å². The monoisotopic (exact) mass is 331 g/mol. The van der Waals surface area contributed by atoms with Crippen LogP contribution >= 0.6 is 0 Å². The third-order valence-corrected chi connectivity index (χ3v) is 4.10. The highest BCUT2D eigenvalue weighted by molar-refractivity contribution is 6.00. The predicted octanol–water partition coefficient (Wildman–Crippen LogP) is 4.98. The van der Waals surface area contributed by atoms with Crippen molar-refractivity contribution in [3.8, 4) is 16.9 Å². The second kappa shape index (κ2) is 7.67. The molecule has 3 nitrogen and oxygen atoms in total. The molecule has 0 aliphatic heterocycles. The van der Waals surface area contributed by atoms with Crippen molar-refractivity contribution >= 4 is 11.5 Å². The lowest BCUT2D eigenvalue weighted by atomic mass is 10.00. The van der Waals surface area contributed by atoms with Crippen molar-refractivity contribution < 1.29 is 9.53 Å². The van der Waals surface area contributed by atoms with Crippen LogP contribution in [-0.2, 0) is 0 Å². The summed E-state index contributed by atoms with van der Waals surface area (Å²) in [4.78, 5) is 12.7. The molecule has 0 saturated carbocycles. The average molecular weight is 331 g/mol. The molecule has 0 amide bonds. The van der Waals surface area contributed by atoms with E-state index < -0.39 is 6.10 Å². The molecule has 0 aliphatic rings. The van der Waals surface area contributed by atoms with Gasteiger partial charge in [0.2, 0.25) is 5.78 Å². The van der Waals surface area contributed by atoms with E-state index in [0.717, 1.165) is 11.1 Å². The number of benzene rings is 3. The molecule has 0 aromatic heterocycles. The van der Waals surface area contributed by atoms with Crippen LogP contribution in [0.5, 0.6) is 5.75 Å². The van der Waals surface area contributed by atoms with Gasteiger partial charge in [0.15, 0.2) is 6.10 Å². The van der Waals surface area contributed by atoms with Crippen LogP contribution in [0.15, 0.2) is 78.9 Å². The first-order valence-corrected chi connectivity index (χ1v) is 8.39. The predicted molar refractivity (Wildman–Crippen MR) is 102 cm³/mol. The maximum absolute atomic E-state index is 12.7. The largest absolute Gasteiger partial charge is 0.482 e. The zero-order valence-corrected chi connectivity index (χ0v) is 14.2. The molecule has 0 radical (unpaired) electrons. The first-order chi connectivity index (χ1) is 12.2. The van der Waals surface area contributed by atoms with Crippen molar-refractivity contribution in [3.05, 3.63) is 84.4 Å². The van der Waals surface area contributed by atoms with Gasteiger partial charge in [-0.2, -0.15) is 0 Å². The Labute approximate surface area is 148 Å². The van der Waals surface area contributed by atoms with Crippen LogP contribution in [0.25, 0.3) is 11.1 Å². The molecule has 0 fully saturated rings. The summed E-state index contributed by atoms with van der Waals surface area (Å²) in [5.41, 5.74) is 9.22. The average Bonchev–Trinajstić information content (AvgIpc) is 2.68. The van der Waals surface area contributed by atoms with Crippen LogP contribution in [0.3, 0.4) is 0 Å². The first kappa shape index (κ1) is 16.8. The number of ketones is 1. The minimum atomic E-state index is -0.508. The number of carbonyl (C=O) groups excluding carboxylic acids is 1. The van der Waals surface area contributed by atoms with Gasteiger partial charge in [0.25, 0.3) is 0 Å². The summed E-state index contributed by atoms with van der Waals surface area (Å²) >= 11 is 0. The second-order valence-corrected chi connectivity index (χ2v) is 5.89. The van der Waals surface area contributed by atoms with Crippen molar-refractivity contribution in [2.75, 3.05) is 5.73 Å². The Kier molecular flexibility index (Phi) is 5.14. The SMILES string of the molecule is CCC(Oc1ccc(N)cc1)C(=O)c1ccc(-c2ccccc2)cc1. The van der Waals surface area contributed by atoms with E-state index in [1.165, 1.54) is 0 Å². The molecule has 2 N–H and O–H groups in total. The summed E-state index contributed by atoms with van der Waals surface area (Å²) < 4.78 is 5.84. The number of nitrogen functional groups attached to an aromatic ring is 1. The molecule has 0 bridgehead atoms. The maximum atomic E-state index is 12.7. The fourth-order valence-corrected chi connectivity index (χ4v) is 2.68. The Morgan fingerprint density at radius 3 is 2.08 bits per heavy atom. The lowest BCUT2D eigenvalue weighted by molar-refractivity contribution is 0.0786. The third-order valence-electron chi connectivity index (χ3n) is 4.10. The summed E-state index contributed by atoms with van der Waals surface area (Å²) in [7, 11) is 0. The van der Waals surface area contributed by atoms with Gasteiger partial charge in [-0.1, -0.05) is 61.5 Å². The first-order valence-electron chi connectivity index (χ1n) is 8.39. The number of hydrogen-bond acceptors (Lipinski definition) is 3. The van der Waals surface area contributed by atoms with Crippen LogP contribution < -0.4 is 10.5 Å². The molecule has 3 heteroatoms. The minimum Gasteiger partial charge on any atom is -0.482 e. The van der Waals surface area contributed by atoms with Crippen molar-refractivity contribution in [1.29, 1.82) is 0 Å². The maximum Gasteiger partial charge on any atom is 0.203 e. The van der Waals surface area contributed by atoms with Gasteiger partial charge in [0, 0.05) is 11.3 Å². The van der Waals surface area contributed by atoms with Crippen LogP contribution in [0.2, 0.25) is 0 Å². The summed E-state index contributed by atoms with van der Waals surface area (Å²) in [6.07, 6.45) is 0.0927. The highest BCUT2D eigenvalue weighted by Crippen LogP contribution is 2.22. The smallest absolute Gasteiger partial charge is 0.203 e. The Hall–Kier alpha value is -3.07. The molecule has 3 aromatic rings. The van der Waals surface area contributed by atoms with Gasteiger partial charge in [0.1, 0.15) is 5.75 Å². The van der Waals surface area contributed by atoms with Gasteiger partial charge in [-0.3, -0.25) is 4.79 Å². The lowest BCUT2D eigenvalue weighted by Gasteiger charge is -2.17. The van der Waals surface area contributed by atoms with Gasteiger partial charge in [-0.05, 0) is 41.8 Å². The fraction of sp³-hybridized carbons (Fsp3) is 0.136. The Morgan fingerprint density at radius 2 is 1.48 bits per heavy atom. The van der Waals surface area contributed by atoms with E-state index >= 15 is 0 Å². The molecule has 126 valence electrons. The summed E-state index contributed by atoms with van der Waals surface area (Å²) in [5, 5.41) is 0. The molecule has 3 rings (SSSR count). The third kappa shape index (κ3) is 4.07. The van der Waals surface area contributed by atoms with Gasteiger partial charge in [0.05, 0.1) is 0 Å². The van der Waals surface area contributed by atoms with E-state index in [1.54, 1.807) is 24.3 Å². The number of ether oxygens (including phenoxy) is 1. The van der Waals surface area contributed by atoms with Crippen LogP contribution in [-0.4, -0.2) is 11.9 Å². The Morgan fingerprint density at radius 1 is 0.880 bits per heavy atom. The zero-order chi connectivity index (χ0) is 17.6. The number of carbonyl (C=O) groups is 1. The highest BCUT2D eigenvalue weighted by Gasteiger charge is 2.20. The minimum absolute atomic E-state index is 0.0149. The molecular formula is C22H21NO2. The van der Waals surface area contributed by atoms with Crippen molar-refractivity contribution in [2.45, 2.75) is 19.4 Å². The van der Waals surface area contributed by atoms with Crippen LogP contribution in [0.4, 0.5) is 5.69 Å². The molecule has 1 unspecified atom stereocenters.